The summed E-state index contributed by atoms with van der Waals surface area (Å²) in [6, 6.07) is 5.71. The van der Waals surface area contributed by atoms with Gasteiger partial charge in [-0.3, -0.25) is 0 Å². The van der Waals surface area contributed by atoms with Gasteiger partial charge in [0.1, 0.15) is 23.1 Å². The Labute approximate surface area is 115 Å². The first kappa shape index (κ1) is 13.1. The summed E-state index contributed by atoms with van der Waals surface area (Å²) in [5, 5.41) is 8.79. The van der Waals surface area contributed by atoms with E-state index in [-0.39, 0.29) is 0 Å². The summed E-state index contributed by atoms with van der Waals surface area (Å²) in [4.78, 5) is 0. The van der Waals surface area contributed by atoms with Crippen molar-refractivity contribution in [3.05, 3.63) is 34.5 Å². The summed E-state index contributed by atoms with van der Waals surface area (Å²) in [5.41, 5.74) is 1.91. The zero-order valence-corrected chi connectivity index (χ0v) is 11.8. The second kappa shape index (κ2) is 6.02. The molecule has 0 bridgehead atoms. The molecular weight excluding hydrogens is 270 g/mol. The number of aryl methyl sites for hydroxylation is 1. The molecule has 0 amide bonds. The van der Waals surface area contributed by atoms with Crippen molar-refractivity contribution in [2.24, 2.45) is 0 Å². The summed E-state index contributed by atoms with van der Waals surface area (Å²) < 4.78 is 9.56. The Morgan fingerprint density at radius 1 is 1.44 bits per heavy atom. The molecular formula is C12H14ClN3OS. The number of hydrogen-bond donors (Lipinski definition) is 1. The van der Waals surface area contributed by atoms with Gasteiger partial charge in [0.2, 0.25) is 0 Å². The van der Waals surface area contributed by atoms with Crippen molar-refractivity contribution in [3.63, 3.8) is 0 Å². The molecule has 1 aromatic heterocycles. The highest BCUT2D eigenvalue weighted by atomic mass is 35.5. The molecule has 0 saturated heterocycles. The molecule has 0 fully saturated rings. The van der Waals surface area contributed by atoms with Crippen molar-refractivity contribution >= 4 is 28.1 Å². The lowest BCUT2D eigenvalue weighted by Gasteiger charge is -2.08. The standard InChI is InChI=1S/C12H14ClN3OS/c1-3-14-12-10(15-16-18-12)7-17-11-5-4-8(2)6-9(11)13/h4-6,14H,3,7H2,1-2H3. The van der Waals surface area contributed by atoms with Gasteiger partial charge in [-0.15, -0.1) is 5.10 Å². The third-order valence-corrected chi connectivity index (χ3v) is 3.37. The monoisotopic (exact) mass is 283 g/mol. The molecule has 0 aliphatic rings. The predicted octanol–water partition coefficient (Wildman–Crippen LogP) is 3.51. The lowest BCUT2D eigenvalue weighted by atomic mass is 10.2. The maximum absolute atomic E-state index is 6.10. The summed E-state index contributed by atoms with van der Waals surface area (Å²) >= 11 is 7.43. The van der Waals surface area contributed by atoms with E-state index in [1.54, 1.807) is 0 Å². The van der Waals surface area contributed by atoms with Gasteiger partial charge < -0.3 is 10.1 Å². The summed E-state index contributed by atoms with van der Waals surface area (Å²) in [5.74, 6) is 0.665. The van der Waals surface area contributed by atoms with Crippen LogP contribution in [0.1, 0.15) is 18.2 Å². The molecule has 2 rings (SSSR count). The van der Waals surface area contributed by atoms with E-state index in [4.69, 9.17) is 16.3 Å². The zero-order chi connectivity index (χ0) is 13.0. The van der Waals surface area contributed by atoms with Crippen molar-refractivity contribution in [1.82, 2.24) is 9.59 Å². The molecule has 0 unspecified atom stereocenters. The first-order valence-corrected chi connectivity index (χ1v) is 6.80. The molecule has 6 heteroatoms. The number of nitrogens with zero attached hydrogens (tertiary/aromatic N) is 2. The van der Waals surface area contributed by atoms with Crippen molar-refractivity contribution in [2.75, 3.05) is 11.9 Å². The Morgan fingerprint density at radius 2 is 2.28 bits per heavy atom. The molecule has 0 saturated carbocycles. The van der Waals surface area contributed by atoms with Crippen LogP contribution in [0, 0.1) is 6.92 Å². The van der Waals surface area contributed by atoms with Crippen molar-refractivity contribution in [1.29, 1.82) is 0 Å². The van der Waals surface area contributed by atoms with Crippen LogP contribution in [-0.2, 0) is 6.61 Å². The highest BCUT2D eigenvalue weighted by Crippen LogP contribution is 2.27. The molecule has 0 aliphatic carbocycles. The van der Waals surface area contributed by atoms with Gasteiger partial charge in [0.05, 0.1) is 5.02 Å². The molecule has 1 aromatic carbocycles. The van der Waals surface area contributed by atoms with Crippen LogP contribution in [0.2, 0.25) is 5.02 Å². The Bertz CT molecular complexity index is 530. The van der Waals surface area contributed by atoms with E-state index in [2.05, 4.69) is 14.9 Å². The van der Waals surface area contributed by atoms with E-state index in [9.17, 15) is 0 Å². The Kier molecular flexibility index (Phi) is 4.38. The number of rotatable bonds is 5. The van der Waals surface area contributed by atoms with E-state index in [1.165, 1.54) is 11.5 Å². The molecule has 0 aliphatic heterocycles. The van der Waals surface area contributed by atoms with Gasteiger partial charge in [-0.25, -0.2) is 0 Å². The first-order chi connectivity index (χ1) is 8.70. The van der Waals surface area contributed by atoms with Gasteiger partial charge >= 0.3 is 0 Å². The maximum atomic E-state index is 6.10. The third kappa shape index (κ3) is 3.11. The lowest BCUT2D eigenvalue weighted by Crippen LogP contribution is -2.02. The fourth-order valence-electron chi connectivity index (χ4n) is 1.47. The number of nitrogens with one attached hydrogen (secondary N) is 1. The van der Waals surface area contributed by atoms with Crippen LogP contribution < -0.4 is 10.1 Å². The van der Waals surface area contributed by atoms with Crippen LogP contribution in [-0.4, -0.2) is 16.1 Å². The van der Waals surface area contributed by atoms with Crippen LogP contribution in [0.5, 0.6) is 5.75 Å². The van der Waals surface area contributed by atoms with Crippen LogP contribution in [0.15, 0.2) is 18.2 Å². The van der Waals surface area contributed by atoms with Gasteiger partial charge in [-0.1, -0.05) is 22.2 Å². The van der Waals surface area contributed by atoms with Gasteiger partial charge in [0, 0.05) is 18.1 Å². The number of halogens is 1. The average molecular weight is 284 g/mol. The van der Waals surface area contributed by atoms with Gasteiger partial charge in [0.15, 0.2) is 0 Å². The average Bonchev–Trinajstić information content (AvgIpc) is 2.76. The van der Waals surface area contributed by atoms with E-state index in [1.807, 2.05) is 32.0 Å². The minimum Gasteiger partial charge on any atom is -0.486 e. The molecule has 18 heavy (non-hydrogen) atoms. The van der Waals surface area contributed by atoms with Gasteiger partial charge in [-0.05, 0) is 31.5 Å². The SMILES string of the molecule is CCNc1snnc1COc1ccc(C)cc1Cl. The van der Waals surface area contributed by atoms with Gasteiger partial charge in [0.25, 0.3) is 0 Å². The number of ether oxygens (including phenoxy) is 1. The number of anilines is 1. The van der Waals surface area contributed by atoms with E-state index >= 15 is 0 Å². The van der Waals surface area contributed by atoms with Crippen LogP contribution >= 0.6 is 23.1 Å². The molecule has 1 N–H and O–H groups in total. The second-order valence-electron chi connectivity index (χ2n) is 3.80. The topological polar surface area (TPSA) is 47.0 Å². The highest BCUT2D eigenvalue weighted by Gasteiger charge is 2.09. The number of aromatic nitrogens is 2. The summed E-state index contributed by atoms with van der Waals surface area (Å²) in [6.45, 7) is 5.22. The molecule has 96 valence electrons. The smallest absolute Gasteiger partial charge is 0.138 e. The Balaban J connectivity index is 2.04. The van der Waals surface area contributed by atoms with Crippen molar-refractivity contribution in [3.8, 4) is 5.75 Å². The van der Waals surface area contributed by atoms with E-state index < -0.39 is 0 Å². The summed E-state index contributed by atoms with van der Waals surface area (Å²) in [7, 11) is 0. The van der Waals surface area contributed by atoms with E-state index in [0.717, 1.165) is 22.8 Å². The first-order valence-electron chi connectivity index (χ1n) is 5.64. The highest BCUT2D eigenvalue weighted by molar-refractivity contribution is 7.10. The normalized spacial score (nSPS) is 10.4. The van der Waals surface area contributed by atoms with Crippen LogP contribution in [0.25, 0.3) is 0 Å². The molecule has 2 aromatic rings. The minimum atomic E-state index is 0.363. The lowest BCUT2D eigenvalue weighted by molar-refractivity contribution is 0.302. The maximum Gasteiger partial charge on any atom is 0.138 e. The van der Waals surface area contributed by atoms with Crippen molar-refractivity contribution in [2.45, 2.75) is 20.5 Å². The minimum absolute atomic E-state index is 0.363. The number of benzene rings is 1. The Hall–Kier alpha value is -1.33. The summed E-state index contributed by atoms with van der Waals surface area (Å²) in [6.07, 6.45) is 0. The molecule has 0 spiro atoms. The van der Waals surface area contributed by atoms with Crippen LogP contribution in [0.3, 0.4) is 0 Å². The quantitative estimate of drug-likeness (QED) is 0.912. The molecule has 4 nitrogen and oxygen atoms in total. The van der Waals surface area contributed by atoms with Crippen molar-refractivity contribution < 1.29 is 4.74 Å². The molecule has 0 radical (unpaired) electrons. The molecule has 0 atom stereocenters. The van der Waals surface area contributed by atoms with Gasteiger partial charge in [-0.2, -0.15) is 0 Å². The third-order valence-electron chi connectivity index (χ3n) is 2.34. The fourth-order valence-corrected chi connectivity index (χ4v) is 2.39. The molecule has 1 heterocycles. The van der Waals surface area contributed by atoms with E-state index in [0.29, 0.717) is 17.4 Å². The predicted molar refractivity (Wildman–Crippen MR) is 74.6 cm³/mol. The number of hydrogen-bond acceptors (Lipinski definition) is 5. The largest absolute Gasteiger partial charge is 0.486 e. The zero-order valence-electron chi connectivity index (χ0n) is 10.2. The Morgan fingerprint density at radius 3 is 3.00 bits per heavy atom. The fraction of sp³-hybridized carbons (Fsp3) is 0.333. The van der Waals surface area contributed by atoms with Crippen LogP contribution in [0.4, 0.5) is 5.00 Å². The second-order valence-corrected chi connectivity index (χ2v) is 4.96.